The van der Waals surface area contributed by atoms with Crippen molar-refractivity contribution >= 4 is 0 Å². The maximum atomic E-state index is 4.08. The number of nitrogens with one attached hydrogen (secondary N) is 1. The molecule has 1 N–H and O–H groups in total. The van der Waals surface area contributed by atoms with Crippen LogP contribution in [0.25, 0.3) is 0 Å². The van der Waals surface area contributed by atoms with Crippen LogP contribution in [0.2, 0.25) is 0 Å². The molecule has 112 valence electrons. The van der Waals surface area contributed by atoms with Gasteiger partial charge < -0.3 is 5.32 Å². The highest BCUT2D eigenvalue weighted by atomic mass is 15.0. The Hall–Kier alpha value is -0.0400. The zero-order valence-corrected chi connectivity index (χ0v) is 13.5. The fraction of sp³-hybridized carbons (Fsp3) is 1.00. The van der Waals surface area contributed by atoms with E-state index in [0.717, 1.165) is 18.0 Å². The first-order chi connectivity index (χ1) is 9.07. The molecule has 2 fully saturated rings. The topological polar surface area (TPSA) is 12.0 Å². The fourth-order valence-corrected chi connectivity index (χ4v) is 4.29. The van der Waals surface area contributed by atoms with Crippen LogP contribution >= 0.6 is 0 Å². The van der Waals surface area contributed by atoms with Crippen LogP contribution < -0.4 is 5.32 Å². The van der Waals surface area contributed by atoms with E-state index in [1.165, 1.54) is 70.6 Å². The minimum atomic E-state index is 0.472. The summed E-state index contributed by atoms with van der Waals surface area (Å²) in [6, 6.07) is 1.60. The molecule has 0 saturated heterocycles. The predicted molar refractivity (Wildman–Crippen MR) is 84.4 cm³/mol. The van der Waals surface area contributed by atoms with Gasteiger partial charge in [0.05, 0.1) is 0 Å². The SMILES string of the molecule is CC(C)(C)C1CCCCC1NC1CCCCCCC1. The van der Waals surface area contributed by atoms with Crippen molar-refractivity contribution in [3.8, 4) is 0 Å². The molecule has 0 aromatic rings. The lowest BCUT2D eigenvalue weighted by Crippen LogP contribution is -2.48. The molecule has 2 aliphatic rings. The molecule has 0 aromatic heterocycles. The van der Waals surface area contributed by atoms with Gasteiger partial charge in [0.15, 0.2) is 0 Å². The van der Waals surface area contributed by atoms with Gasteiger partial charge in [-0.25, -0.2) is 0 Å². The standard InChI is InChI=1S/C18H35N/c1-18(2,3)16-13-9-10-14-17(16)19-15-11-7-5-4-6-8-12-15/h15-17,19H,4-14H2,1-3H3. The summed E-state index contributed by atoms with van der Waals surface area (Å²) >= 11 is 0. The lowest BCUT2D eigenvalue weighted by molar-refractivity contribution is 0.119. The van der Waals surface area contributed by atoms with Crippen LogP contribution in [0.5, 0.6) is 0 Å². The highest BCUT2D eigenvalue weighted by Crippen LogP contribution is 2.38. The third-order valence-corrected chi connectivity index (χ3v) is 5.43. The van der Waals surface area contributed by atoms with Gasteiger partial charge >= 0.3 is 0 Å². The lowest BCUT2D eigenvalue weighted by atomic mass is 9.69. The van der Waals surface area contributed by atoms with Crippen LogP contribution in [0.1, 0.15) is 91.4 Å². The Bertz CT molecular complexity index is 245. The first kappa shape index (κ1) is 15.4. The molecule has 2 unspecified atom stereocenters. The summed E-state index contributed by atoms with van der Waals surface area (Å²) in [6.07, 6.45) is 15.9. The Labute approximate surface area is 120 Å². The van der Waals surface area contributed by atoms with Gasteiger partial charge in [0.25, 0.3) is 0 Å². The summed E-state index contributed by atoms with van der Waals surface area (Å²) < 4.78 is 0. The van der Waals surface area contributed by atoms with Gasteiger partial charge in [-0.3, -0.25) is 0 Å². The van der Waals surface area contributed by atoms with Gasteiger partial charge in [0.1, 0.15) is 0 Å². The van der Waals surface area contributed by atoms with E-state index in [-0.39, 0.29) is 0 Å². The van der Waals surface area contributed by atoms with E-state index in [1.807, 2.05) is 0 Å². The minimum absolute atomic E-state index is 0.472. The van der Waals surface area contributed by atoms with Crippen LogP contribution in [0.15, 0.2) is 0 Å². The summed E-state index contributed by atoms with van der Waals surface area (Å²) in [5.74, 6) is 0.881. The number of rotatable bonds is 2. The van der Waals surface area contributed by atoms with Crippen molar-refractivity contribution in [2.45, 2.75) is 103 Å². The van der Waals surface area contributed by atoms with Crippen LogP contribution in [0.3, 0.4) is 0 Å². The second kappa shape index (κ2) is 7.11. The number of hydrogen-bond acceptors (Lipinski definition) is 1. The molecule has 0 radical (unpaired) electrons. The Balaban J connectivity index is 1.90. The van der Waals surface area contributed by atoms with Crippen molar-refractivity contribution in [3.63, 3.8) is 0 Å². The Morgan fingerprint density at radius 3 is 1.84 bits per heavy atom. The number of hydrogen-bond donors (Lipinski definition) is 1. The highest BCUT2D eigenvalue weighted by molar-refractivity contribution is 4.90. The summed E-state index contributed by atoms with van der Waals surface area (Å²) in [5, 5.41) is 4.08. The Morgan fingerprint density at radius 1 is 0.684 bits per heavy atom. The molecule has 2 rings (SSSR count). The monoisotopic (exact) mass is 265 g/mol. The molecule has 0 bridgehead atoms. The zero-order chi connectivity index (χ0) is 13.7. The average Bonchev–Trinajstić information content (AvgIpc) is 2.32. The van der Waals surface area contributed by atoms with Crippen molar-refractivity contribution in [1.29, 1.82) is 0 Å². The summed E-state index contributed by atoms with van der Waals surface area (Å²) in [6.45, 7) is 7.32. The second-order valence-corrected chi connectivity index (χ2v) is 8.07. The Morgan fingerprint density at radius 2 is 1.21 bits per heavy atom. The van der Waals surface area contributed by atoms with Crippen LogP contribution in [-0.4, -0.2) is 12.1 Å². The summed E-state index contributed by atoms with van der Waals surface area (Å²) in [7, 11) is 0. The van der Waals surface area contributed by atoms with Crippen molar-refractivity contribution in [1.82, 2.24) is 5.32 Å². The van der Waals surface area contributed by atoms with Crippen molar-refractivity contribution in [2.75, 3.05) is 0 Å². The van der Waals surface area contributed by atoms with Gasteiger partial charge in [0.2, 0.25) is 0 Å². The van der Waals surface area contributed by atoms with E-state index in [4.69, 9.17) is 0 Å². The van der Waals surface area contributed by atoms with Crippen LogP contribution in [0.4, 0.5) is 0 Å². The smallest absolute Gasteiger partial charge is 0.0103 e. The van der Waals surface area contributed by atoms with E-state index in [0.29, 0.717) is 5.41 Å². The first-order valence-electron chi connectivity index (χ1n) is 8.83. The van der Waals surface area contributed by atoms with E-state index >= 15 is 0 Å². The lowest BCUT2D eigenvalue weighted by Gasteiger charge is -2.42. The van der Waals surface area contributed by atoms with E-state index in [9.17, 15) is 0 Å². The van der Waals surface area contributed by atoms with Gasteiger partial charge in [0, 0.05) is 12.1 Å². The van der Waals surface area contributed by atoms with E-state index < -0.39 is 0 Å². The quantitative estimate of drug-likeness (QED) is 0.715. The van der Waals surface area contributed by atoms with Gasteiger partial charge in [-0.05, 0) is 37.0 Å². The van der Waals surface area contributed by atoms with Crippen molar-refractivity contribution < 1.29 is 0 Å². The molecule has 1 nitrogen and oxygen atoms in total. The molecule has 2 atom stereocenters. The molecule has 0 amide bonds. The largest absolute Gasteiger partial charge is 0.311 e. The van der Waals surface area contributed by atoms with Gasteiger partial charge in [-0.1, -0.05) is 65.7 Å². The molecule has 0 heterocycles. The molecule has 19 heavy (non-hydrogen) atoms. The maximum Gasteiger partial charge on any atom is 0.0103 e. The second-order valence-electron chi connectivity index (χ2n) is 8.07. The van der Waals surface area contributed by atoms with E-state index in [2.05, 4.69) is 26.1 Å². The maximum absolute atomic E-state index is 4.08. The third kappa shape index (κ3) is 4.77. The van der Waals surface area contributed by atoms with E-state index in [1.54, 1.807) is 0 Å². The predicted octanol–water partition coefficient (Wildman–Crippen LogP) is 5.29. The molecule has 0 spiro atoms. The van der Waals surface area contributed by atoms with Gasteiger partial charge in [-0.15, -0.1) is 0 Å². The zero-order valence-electron chi connectivity index (χ0n) is 13.5. The molecule has 1 heteroatoms. The third-order valence-electron chi connectivity index (χ3n) is 5.43. The Kier molecular flexibility index (Phi) is 5.74. The van der Waals surface area contributed by atoms with Crippen molar-refractivity contribution in [3.05, 3.63) is 0 Å². The first-order valence-corrected chi connectivity index (χ1v) is 8.83. The highest BCUT2D eigenvalue weighted by Gasteiger charge is 2.34. The molecular weight excluding hydrogens is 230 g/mol. The van der Waals surface area contributed by atoms with Crippen LogP contribution in [0, 0.1) is 11.3 Å². The fourth-order valence-electron chi connectivity index (χ4n) is 4.29. The molecular formula is C18H35N. The molecule has 2 aliphatic carbocycles. The molecule has 0 aliphatic heterocycles. The molecule has 0 aromatic carbocycles. The van der Waals surface area contributed by atoms with Crippen LogP contribution in [-0.2, 0) is 0 Å². The van der Waals surface area contributed by atoms with Gasteiger partial charge in [-0.2, -0.15) is 0 Å². The average molecular weight is 265 g/mol. The minimum Gasteiger partial charge on any atom is -0.311 e. The summed E-state index contributed by atoms with van der Waals surface area (Å²) in [4.78, 5) is 0. The normalized spacial score (nSPS) is 31.7. The van der Waals surface area contributed by atoms with Crippen molar-refractivity contribution in [2.24, 2.45) is 11.3 Å². The molecule has 2 saturated carbocycles. The summed E-state index contributed by atoms with van der Waals surface area (Å²) in [5.41, 5.74) is 0.472.